The summed E-state index contributed by atoms with van der Waals surface area (Å²) < 4.78 is 0. The Morgan fingerprint density at radius 2 is 1.87 bits per heavy atom. The Labute approximate surface area is 136 Å². The van der Waals surface area contributed by atoms with Gasteiger partial charge >= 0.3 is 0 Å². The number of nitrogens with zero attached hydrogens (tertiary/aromatic N) is 5. The van der Waals surface area contributed by atoms with Gasteiger partial charge in [-0.3, -0.25) is 4.79 Å². The van der Waals surface area contributed by atoms with Gasteiger partial charge in [-0.2, -0.15) is 0 Å². The summed E-state index contributed by atoms with van der Waals surface area (Å²) in [5.41, 5.74) is 5.73. The molecule has 0 radical (unpaired) electrons. The second-order valence-electron chi connectivity index (χ2n) is 6.50. The molecule has 8 heteroatoms. The van der Waals surface area contributed by atoms with Gasteiger partial charge in [0.25, 0.3) is 0 Å². The number of carbonyl (C=O) groups is 1. The molecular formula is C15H25N7O. The van der Waals surface area contributed by atoms with Gasteiger partial charge in [-0.15, -0.1) is 0 Å². The monoisotopic (exact) mass is 319 g/mol. The van der Waals surface area contributed by atoms with Crippen LogP contribution in [0.3, 0.4) is 0 Å². The molecule has 0 aromatic carbocycles. The first-order valence-corrected chi connectivity index (χ1v) is 7.73. The highest BCUT2D eigenvalue weighted by Crippen LogP contribution is 2.09. The Hall–Kier alpha value is -2.38. The summed E-state index contributed by atoms with van der Waals surface area (Å²) in [7, 11) is 0. The van der Waals surface area contributed by atoms with Crippen molar-refractivity contribution in [2.24, 2.45) is 10.7 Å². The fraction of sp³-hybridized carbons (Fsp3) is 0.600. The van der Waals surface area contributed by atoms with Crippen LogP contribution in [0.4, 0.5) is 5.95 Å². The quantitative estimate of drug-likeness (QED) is 0.593. The summed E-state index contributed by atoms with van der Waals surface area (Å²) >= 11 is 0. The van der Waals surface area contributed by atoms with E-state index in [0.29, 0.717) is 5.96 Å². The van der Waals surface area contributed by atoms with E-state index >= 15 is 0 Å². The summed E-state index contributed by atoms with van der Waals surface area (Å²) in [5, 5.41) is 2.86. The van der Waals surface area contributed by atoms with E-state index in [1.165, 1.54) is 0 Å². The summed E-state index contributed by atoms with van der Waals surface area (Å²) in [5.74, 6) is 1.01. The molecule has 2 rings (SSSR count). The van der Waals surface area contributed by atoms with Crippen LogP contribution in [-0.4, -0.2) is 65.0 Å². The lowest BCUT2D eigenvalue weighted by molar-refractivity contribution is -0.121. The van der Waals surface area contributed by atoms with Crippen molar-refractivity contribution in [2.45, 2.75) is 26.3 Å². The van der Waals surface area contributed by atoms with Gasteiger partial charge in [0.1, 0.15) is 6.54 Å². The van der Waals surface area contributed by atoms with E-state index in [-0.39, 0.29) is 18.0 Å². The zero-order valence-electron chi connectivity index (χ0n) is 14.0. The third-order valence-corrected chi connectivity index (χ3v) is 3.34. The smallest absolute Gasteiger partial charge is 0.242 e. The second kappa shape index (κ2) is 7.26. The Balaban J connectivity index is 1.82. The predicted molar refractivity (Wildman–Crippen MR) is 90.2 cm³/mol. The number of aromatic nitrogens is 2. The van der Waals surface area contributed by atoms with Crippen molar-refractivity contribution in [1.29, 1.82) is 0 Å². The van der Waals surface area contributed by atoms with Crippen LogP contribution in [0.1, 0.15) is 20.8 Å². The first-order chi connectivity index (χ1) is 10.8. The molecule has 1 fully saturated rings. The van der Waals surface area contributed by atoms with Crippen molar-refractivity contribution in [3.63, 3.8) is 0 Å². The summed E-state index contributed by atoms with van der Waals surface area (Å²) in [6.07, 6.45) is 3.47. The minimum absolute atomic E-state index is 0.0467. The number of piperazine rings is 1. The minimum atomic E-state index is -0.261. The zero-order valence-corrected chi connectivity index (χ0v) is 14.0. The molecule has 1 aromatic rings. The molecule has 0 saturated carbocycles. The lowest BCUT2D eigenvalue weighted by atomic mass is 10.1. The molecule has 0 bridgehead atoms. The fourth-order valence-electron chi connectivity index (χ4n) is 2.30. The summed E-state index contributed by atoms with van der Waals surface area (Å²) in [4.78, 5) is 28.5. The number of rotatable bonds is 3. The average molecular weight is 319 g/mol. The zero-order chi connectivity index (χ0) is 16.9. The van der Waals surface area contributed by atoms with E-state index in [4.69, 9.17) is 5.73 Å². The predicted octanol–water partition coefficient (Wildman–Crippen LogP) is -0.172. The number of guanidine groups is 1. The van der Waals surface area contributed by atoms with Gasteiger partial charge in [0.15, 0.2) is 5.96 Å². The van der Waals surface area contributed by atoms with E-state index in [1.807, 2.05) is 25.7 Å². The van der Waals surface area contributed by atoms with Crippen LogP contribution >= 0.6 is 0 Å². The van der Waals surface area contributed by atoms with Gasteiger partial charge in [0.2, 0.25) is 11.9 Å². The molecule has 3 N–H and O–H groups in total. The maximum absolute atomic E-state index is 11.8. The van der Waals surface area contributed by atoms with E-state index in [2.05, 4.69) is 25.2 Å². The largest absolute Gasteiger partial charge is 0.370 e. The van der Waals surface area contributed by atoms with Gasteiger partial charge in [0, 0.05) is 44.1 Å². The van der Waals surface area contributed by atoms with Crippen molar-refractivity contribution < 1.29 is 4.79 Å². The molecule has 23 heavy (non-hydrogen) atoms. The maximum atomic E-state index is 11.8. The molecular weight excluding hydrogens is 294 g/mol. The SMILES string of the molecule is CC(C)(C)NC(=O)CN=C(N)N1CCN(c2ncccn2)CC1. The van der Waals surface area contributed by atoms with E-state index < -0.39 is 0 Å². The molecule has 1 amide bonds. The topological polar surface area (TPSA) is 99.7 Å². The van der Waals surface area contributed by atoms with Crippen molar-refractivity contribution in [3.05, 3.63) is 18.5 Å². The number of hydrogen-bond acceptors (Lipinski definition) is 5. The number of hydrogen-bond donors (Lipinski definition) is 2. The number of aliphatic imine (C=N–C) groups is 1. The van der Waals surface area contributed by atoms with Crippen LogP contribution < -0.4 is 16.0 Å². The van der Waals surface area contributed by atoms with Crippen molar-refractivity contribution >= 4 is 17.8 Å². The first-order valence-electron chi connectivity index (χ1n) is 7.73. The highest BCUT2D eigenvalue weighted by atomic mass is 16.2. The standard InChI is InChI=1S/C15H25N7O/c1-15(2,3)20-12(23)11-19-13(16)21-7-9-22(10-8-21)14-17-5-4-6-18-14/h4-6H,7-11H2,1-3H3,(H2,16,19)(H,20,23). The molecule has 1 saturated heterocycles. The number of nitrogens with two attached hydrogens (primary N) is 1. The first kappa shape index (κ1) is 17.0. The van der Waals surface area contributed by atoms with E-state index in [9.17, 15) is 4.79 Å². The van der Waals surface area contributed by atoms with Gasteiger partial charge in [-0.1, -0.05) is 0 Å². The van der Waals surface area contributed by atoms with E-state index in [0.717, 1.165) is 32.1 Å². The minimum Gasteiger partial charge on any atom is -0.370 e. The lowest BCUT2D eigenvalue weighted by Gasteiger charge is -2.35. The van der Waals surface area contributed by atoms with Gasteiger partial charge in [-0.25, -0.2) is 15.0 Å². The maximum Gasteiger partial charge on any atom is 0.242 e. The molecule has 0 atom stereocenters. The van der Waals surface area contributed by atoms with Crippen LogP contribution in [0.15, 0.2) is 23.5 Å². The average Bonchev–Trinajstić information content (AvgIpc) is 2.52. The summed E-state index contributed by atoms with van der Waals surface area (Å²) in [6, 6.07) is 1.80. The molecule has 1 aliphatic heterocycles. The van der Waals surface area contributed by atoms with Crippen molar-refractivity contribution in [1.82, 2.24) is 20.2 Å². The fourth-order valence-corrected chi connectivity index (χ4v) is 2.30. The summed E-state index contributed by atoms with van der Waals surface area (Å²) in [6.45, 7) is 8.85. The molecule has 0 unspecified atom stereocenters. The lowest BCUT2D eigenvalue weighted by Crippen LogP contribution is -2.52. The van der Waals surface area contributed by atoms with Crippen LogP contribution in [0.5, 0.6) is 0 Å². The Bertz CT molecular complexity index is 545. The molecule has 1 aromatic heterocycles. The number of carbonyl (C=O) groups excluding carboxylic acids is 1. The molecule has 1 aliphatic rings. The Morgan fingerprint density at radius 3 is 2.43 bits per heavy atom. The Morgan fingerprint density at radius 1 is 1.26 bits per heavy atom. The van der Waals surface area contributed by atoms with Gasteiger partial charge in [0.05, 0.1) is 0 Å². The van der Waals surface area contributed by atoms with Crippen LogP contribution in [0, 0.1) is 0 Å². The number of anilines is 1. The molecule has 0 spiro atoms. The van der Waals surface area contributed by atoms with Crippen LogP contribution in [0.25, 0.3) is 0 Å². The normalized spacial score (nSPS) is 16.4. The third-order valence-electron chi connectivity index (χ3n) is 3.34. The van der Waals surface area contributed by atoms with Crippen molar-refractivity contribution in [3.8, 4) is 0 Å². The van der Waals surface area contributed by atoms with E-state index in [1.54, 1.807) is 18.5 Å². The highest BCUT2D eigenvalue weighted by molar-refractivity contribution is 5.84. The second-order valence-corrected chi connectivity index (χ2v) is 6.50. The molecule has 126 valence electrons. The molecule has 0 aliphatic carbocycles. The number of amides is 1. The van der Waals surface area contributed by atoms with Crippen LogP contribution in [-0.2, 0) is 4.79 Å². The van der Waals surface area contributed by atoms with Crippen LogP contribution in [0.2, 0.25) is 0 Å². The van der Waals surface area contributed by atoms with Gasteiger partial charge < -0.3 is 20.9 Å². The number of nitrogens with one attached hydrogen (secondary N) is 1. The third kappa shape index (κ3) is 5.39. The Kier molecular flexibility index (Phi) is 5.36. The van der Waals surface area contributed by atoms with Crippen molar-refractivity contribution in [2.75, 3.05) is 37.6 Å². The van der Waals surface area contributed by atoms with Gasteiger partial charge in [-0.05, 0) is 26.8 Å². The molecule has 8 nitrogen and oxygen atoms in total. The molecule has 2 heterocycles. The highest BCUT2D eigenvalue weighted by Gasteiger charge is 2.20.